The highest BCUT2D eigenvalue weighted by Gasteiger charge is 2.19. The molecule has 1 heterocycles. The van der Waals surface area contributed by atoms with Gasteiger partial charge in [-0.2, -0.15) is 0 Å². The molecule has 0 aromatic carbocycles. The topological polar surface area (TPSA) is 12.0 Å². The Morgan fingerprint density at radius 1 is 1.29 bits per heavy atom. The average molecular weight is 318 g/mol. The molecule has 0 spiro atoms. The molecule has 0 radical (unpaired) electrons. The van der Waals surface area contributed by atoms with Gasteiger partial charge in [0, 0.05) is 20.8 Å². The van der Waals surface area contributed by atoms with Crippen LogP contribution < -0.4 is 5.32 Å². The van der Waals surface area contributed by atoms with Gasteiger partial charge in [0.25, 0.3) is 0 Å². The summed E-state index contributed by atoms with van der Waals surface area (Å²) in [6.07, 6.45) is 6.42. The van der Waals surface area contributed by atoms with Crippen molar-refractivity contribution in [2.24, 2.45) is 5.92 Å². The molecular formula is C14H24BrNS. The Hall–Kier alpha value is 0.140. The van der Waals surface area contributed by atoms with Crippen LogP contribution in [0, 0.1) is 5.92 Å². The smallest absolute Gasteiger partial charge is 0.0285 e. The van der Waals surface area contributed by atoms with Crippen LogP contribution in [0.3, 0.4) is 0 Å². The van der Waals surface area contributed by atoms with Gasteiger partial charge in [0.2, 0.25) is 0 Å². The summed E-state index contributed by atoms with van der Waals surface area (Å²) in [5, 5.41) is 5.70. The second kappa shape index (κ2) is 8.28. The molecule has 1 atom stereocenters. The molecule has 98 valence electrons. The first kappa shape index (κ1) is 15.2. The highest BCUT2D eigenvalue weighted by Crippen LogP contribution is 2.25. The van der Waals surface area contributed by atoms with Crippen LogP contribution in [0.2, 0.25) is 0 Å². The summed E-state index contributed by atoms with van der Waals surface area (Å²) in [4.78, 5) is 1.48. The molecule has 1 unspecified atom stereocenters. The van der Waals surface area contributed by atoms with Crippen LogP contribution in [0.4, 0.5) is 0 Å². The zero-order valence-corrected chi connectivity index (χ0v) is 13.5. The van der Waals surface area contributed by atoms with Crippen LogP contribution in [0.15, 0.2) is 15.9 Å². The first-order valence-electron chi connectivity index (χ1n) is 6.61. The third kappa shape index (κ3) is 5.11. The lowest BCUT2D eigenvalue weighted by Crippen LogP contribution is -2.35. The van der Waals surface area contributed by atoms with E-state index >= 15 is 0 Å². The lowest BCUT2D eigenvalue weighted by Gasteiger charge is -2.26. The summed E-state index contributed by atoms with van der Waals surface area (Å²) < 4.78 is 1.22. The number of halogens is 1. The van der Waals surface area contributed by atoms with E-state index < -0.39 is 0 Å². The third-order valence-corrected chi connectivity index (χ3v) is 5.02. The summed E-state index contributed by atoms with van der Waals surface area (Å²) in [6.45, 7) is 4.58. The molecule has 3 heteroatoms. The first-order valence-corrected chi connectivity index (χ1v) is 8.28. The number of nitrogens with one attached hydrogen (secondary N) is 1. The average Bonchev–Trinajstić information content (AvgIpc) is 2.72. The molecule has 0 saturated heterocycles. The van der Waals surface area contributed by atoms with Crippen molar-refractivity contribution in [1.29, 1.82) is 0 Å². The van der Waals surface area contributed by atoms with Gasteiger partial charge in [-0.3, -0.25) is 0 Å². The summed E-state index contributed by atoms with van der Waals surface area (Å²) >= 11 is 5.39. The lowest BCUT2D eigenvalue weighted by atomic mass is 9.88. The summed E-state index contributed by atoms with van der Waals surface area (Å²) in [6, 6.07) is 2.88. The van der Waals surface area contributed by atoms with Crippen molar-refractivity contribution in [2.75, 3.05) is 7.05 Å². The van der Waals surface area contributed by atoms with Crippen molar-refractivity contribution in [2.45, 2.75) is 52.0 Å². The molecule has 1 N–H and O–H groups in total. The zero-order valence-electron chi connectivity index (χ0n) is 11.1. The van der Waals surface area contributed by atoms with Gasteiger partial charge in [-0.25, -0.2) is 0 Å². The number of thiophene rings is 1. The van der Waals surface area contributed by atoms with E-state index in [0.717, 1.165) is 12.3 Å². The summed E-state index contributed by atoms with van der Waals surface area (Å²) in [5.74, 6) is 0.816. The van der Waals surface area contributed by atoms with Crippen molar-refractivity contribution >= 4 is 27.3 Å². The number of hydrogen-bond donors (Lipinski definition) is 1. The number of likely N-dealkylation sites (N-methyl/N-ethyl adjacent to an activating group) is 1. The Kier molecular flexibility index (Phi) is 7.40. The van der Waals surface area contributed by atoms with Gasteiger partial charge in [-0.1, -0.05) is 26.7 Å². The van der Waals surface area contributed by atoms with E-state index in [1.807, 2.05) is 11.3 Å². The molecule has 17 heavy (non-hydrogen) atoms. The SMILES string of the molecule is CCCC(CCC)C(Cc1cc(Br)cs1)NC. The van der Waals surface area contributed by atoms with E-state index in [4.69, 9.17) is 0 Å². The molecule has 0 fully saturated rings. The van der Waals surface area contributed by atoms with E-state index in [1.165, 1.54) is 35.0 Å². The molecule has 1 aromatic rings. The van der Waals surface area contributed by atoms with Crippen LogP contribution in [0.5, 0.6) is 0 Å². The van der Waals surface area contributed by atoms with Crippen molar-refractivity contribution in [3.63, 3.8) is 0 Å². The van der Waals surface area contributed by atoms with E-state index in [0.29, 0.717) is 6.04 Å². The van der Waals surface area contributed by atoms with Crippen LogP contribution in [-0.2, 0) is 6.42 Å². The monoisotopic (exact) mass is 317 g/mol. The fourth-order valence-corrected chi connectivity index (χ4v) is 3.98. The molecule has 1 aromatic heterocycles. The molecule has 0 amide bonds. The highest BCUT2D eigenvalue weighted by atomic mass is 79.9. The van der Waals surface area contributed by atoms with Crippen LogP contribution >= 0.6 is 27.3 Å². The lowest BCUT2D eigenvalue weighted by molar-refractivity contribution is 0.324. The fourth-order valence-electron chi connectivity index (χ4n) is 2.47. The second-order valence-electron chi connectivity index (χ2n) is 4.67. The maximum absolute atomic E-state index is 3.53. The predicted molar refractivity (Wildman–Crippen MR) is 81.9 cm³/mol. The van der Waals surface area contributed by atoms with Crippen molar-refractivity contribution in [3.8, 4) is 0 Å². The molecule has 1 rings (SSSR count). The molecule has 1 nitrogen and oxygen atoms in total. The number of hydrogen-bond acceptors (Lipinski definition) is 2. The first-order chi connectivity index (χ1) is 8.21. The number of rotatable bonds is 8. The van der Waals surface area contributed by atoms with Gasteiger partial charge in [-0.05, 0) is 54.2 Å². The highest BCUT2D eigenvalue weighted by molar-refractivity contribution is 9.10. The third-order valence-electron chi connectivity index (χ3n) is 3.30. The molecule has 0 aliphatic rings. The van der Waals surface area contributed by atoms with Gasteiger partial charge >= 0.3 is 0 Å². The Morgan fingerprint density at radius 2 is 1.94 bits per heavy atom. The predicted octanol–water partition coefficient (Wildman–Crippen LogP) is 4.86. The quantitative estimate of drug-likeness (QED) is 0.722. The summed E-state index contributed by atoms with van der Waals surface area (Å²) in [7, 11) is 2.10. The molecule has 0 aliphatic carbocycles. The summed E-state index contributed by atoms with van der Waals surface area (Å²) in [5.41, 5.74) is 0. The van der Waals surface area contributed by atoms with E-state index in [1.54, 1.807) is 0 Å². The fraction of sp³-hybridized carbons (Fsp3) is 0.714. The largest absolute Gasteiger partial charge is 0.316 e. The molecule has 0 aliphatic heterocycles. The van der Waals surface area contributed by atoms with Gasteiger partial charge in [0.1, 0.15) is 0 Å². The second-order valence-corrected chi connectivity index (χ2v) is 6.58. The van der Waals surface area contributed by atoms with Gasteiger partial charge in [0.05, 0.1) is 0 Å². The minimum absolute atomic E-state index is 0.625. The Bertz CT molecular complexity index is 305. The Balaban J connectivity index is 2.61. The minimum atomic E-state index is 0.625. The van der Waals surface area contributed by atoms with Crippen molar-refractivity contribution < 1.29 is 0 Å². The van der Waals surface area contributed by atoms with Gasteiger partial charge in [0.15, 0.2) is 0 Å². The minimum Gasteiger partial charge on any atom is -0.316 e. The maximum atomic E-state index is 3.53. The van der Waals surface area contributed by atoms with Crippen molar-refractivity contribution in [3.05, 3.63) is 20.8 Å². The van der Waals surface area contributed by atoms with E-state index in [9.17, 15) is 0 Å². The van der Waals surface area contributed by atoms with E-state index in [2.05, 4.69) is 53.6 Å². The van der Waals surface area contributed by atoms with Gasteiger partial charge < -0.3 is 5.32 Å². The van der Waals surface area contributed by atoms with E-state index in [-0.39, 0.29) is 0 Å². The normalized spacial score (nSPS) is 13.2. The van der Waals surface area contributed by atoms with Crippen LogP contribution in [0.25, 0.3) is 0 Å². The van der Waals surface area contributed by atoms with Gasteiger partial charge in [-0.15, -0.1) is 11.3 Å². The molecular weight excluding hydrogens is 294 g/mol. The van der Waals surface area contributed by atoms with Crippen LogP contribution in [-0.4, -0.2) is 13.1 Å². The molecule has 0 bridgehead atoms. The Morgan fingerprint density at radius 3 is 2.35 bits per heavy atom. The van der Waals surface area contributed by atoms with Crippen molar-refractivity contribution in [1.82, 2.24) is 5.32 Å². The molecule has 0 saturated carbocycles. The Labute approximate surface area is 118 Å². The van der Waals surface area contributed by atoms with Crippen LogP contribution in [0.1, 0.15) is 44.4 Å². The zero-order chi connectivity index (χ0) is 12.7. The maximum Gasteiger partial charge on any atom is 0.0285 e. The standard InChI is InChI=1S/C14H24BrNS/c1-4-6-11(7-5-2)14(16-3)9-13-8-12(15)10-17-13/h8,10-11,14,16H,4-7,9H2,1-3H3.